The number of anilines is 1. The van der Waals surface area contributed by atoms with Crippen LogP contribution in [0.15, 0.2) is 30.6 Å². The van der Waals surface area contributed by atoms with Crippen LogP contribution in [0.4, 0.5) is 5.69 Å². The van der Waals surface area contributed by atoms with E-state index >= 15 is 0 Å². The first-order chi connectivity index (χ1) is 8.61. The summed E-state index contributed by atoms with van der Waals surface area (Å²) in [6.07, 6.45) is 3.87. The number of benzene rings is 1. The monoisotopic (exact) mass is 245 g/mol. The smallest absolute Gasteiger partial charge is 0.149 e. The highest BCUT2D eigenvalue weighted by atomic mass is 16.5. The Morgan fingerprint density at radius 1 is 1.39 bits per heavy atom. The molecule has 2 aromatic rings. The molecule has 4 heteroatoms. The molecule has 96 valence electrons. The Hall–Kier alpha value is -1.97. The fourth-order valence-electron chi connectivity index (χ4n) is 1.99. The van der Waals surface area contributed by atoms with Crippen molar-refractivity contribution < 1.29 is 4.74 Å². The van der Waals surface area contributed by atoms with Crippen LogP contribution < -0.4 is 10.5 Å². The summed E-state index contributed by atoms with van der Waals surface area (Å²) in [5, 5.41) is 4.36. The molecule has 0 spiro atoms. The molecule has 18 heavy (non-hydrogen) atoms. The lowest BCUT2D eigenvalue weighted by molar-refractivity contribution is 0.418. The summed E-state index contributed by atoms with van der Waals surface area (Å²) >= 11 is 0. The molecule has 2 rings (SSSR count). The fraction of sp³-hybridized carbons (Fsp3) is 0.357. The lowest BCUT2D eigenvalue weighted by Crippen LogP contribution is -2.04. The van der Waals surface area contributed by atoms with Gasteiger partial charge in [0.1, 0.15) is 5.75 Å². The van der Waals surface area contributed by atoms with Crippen LogP contribution in [0.25, 0.3) is 11.1 Å². The first-order valence-electron chi connectivity index (χ1n) is 6.07. The van der Waals surface area contributed by atoms with E-state index in [1.807, 2.05) is 35.3 Å². The molecular formula is C14H19N3O. The molecule has 1 aromatic heterocycles. The van der Waals surface area contributed by atoms with E-state index in [2.05, 4.69) is 18.9 Å². The summed E-state index contributed by atoms with van der Waals surface area (Å²) in [5.74, 6) is 1.28. The second-order valence-corrected chi connectivity index (χ2v) is 4.77. The van der Waals surface area contributed by atoms with Crippen molar-refractivity contribution in [1.82, 2.24) is 9.78 Å². The molecule has 0 aliphatic heterocycles. The van der Waals surface area contributed by atoms with Gasteiger partial charge in [0.2, 0.25) is 0 Å². The summed E-state index contributed by atoms with van der Waals surface area (Å²) in [5.41, 5.74) is 8.56. The van der Waals surface area contributed by atoms with Crippen LogP contribution in [0.3, 0.4) is 0 Å². The lowest BCUT2D eigenvalue weighted by Gasteiger charge is -2.09. The molecule has 0 radical (unpaired) electrons. The molecule has 2 N–H and O–H groups in total. The summed E-state index contributed by atoms with van der Waals surface area (Å²) in [6.45, 7) is 5.25. The summed E-state index contributed by atoms with van der Waals surface area (Å²) in [7, 11) is 1.63. The van der Waals surface area contributed by atoms with Gasteiger partial charge >= 0.3 is 0 Å². The van der Waals surface area contributed by atoms with Crippen LogP contribution in [-0.2, 0) is 6.54 Å². The molecule has 0 fully saturated rings. The van der Waals surface area contributed by atoms with Gasteiger partial charge in [0.15, 0.2) is 0 Å². The second-order valence-electron chi connectivity index (χ2n) is 4.77. The maximum Gasteiger partial charge on any atom is 0.149 e. The number of nitrogens with zero attached hydrogens (tertiary/aromatic N) is 2. The SMILES string of the molecule is COc1c(N)cccc1-c1cnn(CC(C)C)c1. The zero-order valence-electron chi connectivity index (χ0n) is 11.1. The first-order valence-corrected chi connectivity index (χ1v) is 6.07. The third kappa shape index (κ3) is 2.47. The molecule has 1 aromatic carbocycles. The number of aromatic nitrogens is 2. The van der Waals surface area contributed by atoms with Crippen LogP contribution in [0.1, 0.15) is 13.8 Å². The van der Waals surface area contributed by atoms with Crippen LogP contribution in [0.2, 0.25) is 0 Å². The number of hydrogen-bond donors (Lipinski definition) is 1. The maximum absolute atomic E-state index is 5.90. The Kier molecular flexibility index (Phi) is 3.55. The molecule has 4 nitrogen and oxygen atoms in total. The van der Waals surface area contributed by atoms with Gasteiger partial charge in [0.05, 0.1) is 19.0 Å². The number of methoxy groups -OCH3 is 1. The second kappa shape index (κ2) is 5.12. The molecular weight excluding hydrogens is 226 g/mol. The Morgan fingerprint density at radius 2 is 2.17 bits per heavy atom. The van der Waals surface area contributed by atoms with Gasteiger partial charge in [-0.25, -0.2) is 0 Å². The van der Waals surface area contributed by atoms with Crippen molar-refractivity contribution in [3.63, 3.8) is 0 Å². The summed E-state index contributed by atoms with van der Waals surface area (Å²) in [4.78, 5) is 0. The van der Waals surface area contributed by atoms with E-state index in [0.29, 0.717) is 17.4 Å². The van der Waals surface area contributed by atoms with Crippen molar-refractivity contribution in [3.8, 4) is 16.9 Å². The van der Waals surface area contributed by atoms with E-state index in [4.69, 9.17) is 10.5 Å². The van der Waals surface area contributed by atoms with Crippen molar-refractivity contribution in [2.75, 3.05) is 12.8 Å². The van der Waals surface area contributed by atoms with Crippen molar-refractivity contribution in [3.05, 3.63) is 30.6 Å². The number of para-hydroxylation sites is 1. The van der Waals surface area contributed by atoms with Crippen molar-refractivity contribution in [1.29, 1.82) is 0 Å². The lowest BCUT2D eigenvalue weighted by atomic mass is 10.1. The molecule has 0 atom stereocenters. The van der Waals surface area contributed by atoms with E-state index in [0.717, 1.165) is 17.7 Å². The minimum atomic E-state index is 0.570. The van der Waals surface area contributed by atoms with E-state index in [1.165, 1.54) is 0 Å². The van der Waals surface area contributed by atoms with Crippen molar-refractivity contribution in [2.45, 2.75) is 20.4 Å². The normalized spacial score (nSPS) is 10.9. The van der Waals surface area contributed by atoms with Gasteiger partial charge < -0.3 is 10.5 Å². The largest absolute Gasteiger partial charge is 0.494 e. The van der Waals surface area contributed by atoms with Gasteiger partial charge in [-0.1, -0.05) is 26.0 Å². The van der Waals surface area contributed by atoms with E-state index < -0.39 is 0 Å². The standard InChI is InChI=1S/C14H19N3O/c1-10(2)8-17-9-11(7-16-17)12-5-4-6-13(15)14(12)18-3/h4-7,9-10H,8,15H2,1-3H3. The Labute approximate surface area is 107 Å². The molecule has 0 saturated heterocycles. The van der Waals surface area contributed by atoms with Crippen LogP contribution in [0, 0.1) is 5.92 Å². The number of ether oxygens (including phenoxy) is 1. The van der Waals surface area contributed by atoms with Gasteiger partial charge in [-0.2, -0.15) is 5.10 Å². The Morgan fingerprint density at radius 3 is 2.83 bits per heavy atom. The third-order valence-corrected chi connectivity index (χ3v) is 2.75. The minimum absolute atomic E-state index is 0.570. The molecule has 0 aliphatic carbocycles. The zero-order chi connectivity index (χ0) is 13.1. The molecule has 0 bridgehead atoms. The van der Waals surface area contributed by atoms with Crippen molar-refractivity contribution in [2.24, 2.45) is 5.92 Å². The summed E-state index contributed by atoms with van der Waals surface area (Å²) in [6, 6.07) is 5.75. The van der Waals surface area contributed by atoms with Gasteiger partial charge in [-0.05, 0) is 12.0 Å². The zero-order valence-corrected chi connectivity index (χ0v) is 11.1. The van der Waals surface area contributed by atoms with Crippen LogP contribution in [0.5, 0.6) is 5.75 Å². The van der Waals surface area contributed by atoms with Gasteiger partial charge in [0.25, 0.3) is 0 Å². The van der Waals surface area contributed by atoms with Crippen LogP contribution in [-0.4, -0.2) is 16.9 Å². The van der Waals surface area contributed by atoms with Crippen LogP contribution >= 0.6 is 0 Å². The summed E-state index contributed by atoms with van der Waals surface area (Å²) < 4.78 is 7.31. The average Bonchev–Trinajstić information content (AvgIpc) is 2.76. The number of nitrogens with two attached hydrogens (primary N) is 1. The Balaban J connectivity index is 2.37. The molecule has 0 aliphatic rings. The van der Waals surface area contributed by atoms with Gasteiger partial charge in [-0.3, -0.25) is 4.68 Å². The molecule has 0 amide bonds. The first kappa shape index (κ1) is 12.5. The quantitative estimate of drug-likeness (QED) is 0.843. The highest BCUT2D eigenvalue weighted by Crippen LogP contribution is 2.34. The molecule has 0 saturated carbocycles. The number of rotatable bonds is 4. The number of hydrogen-bond acceptors (Lipinski definition) is 3. The maximum atomic E-state index is 5.90. The topological polar surface area (TPSA) is 53.1 Å². The average molecular weight is 245 g/mol. The third-order valence-electron chi connectivity index (χ3n) is 2.75. The predicted octanol–water partition coefficient (Wildman–Crippen LogP) is 2.80. The fourth-order valence-corrected chi connectivity index (χ4v) is 1.99. The number of nitrogen functional groups attached to an aromatic ring is 1. The van der Waals surface area contributed by atoms with E-state index in [9.17, 15) is 0 Å². The van der Waals surface area contributed by atoms with E-state index in [1.54, 1.807) is 7.11 Å². The van der Waals surface area contributed by atoms with Gasteiger partial charge in [-0.15, -0.1) is 0 Å². The minimum Gasteiger partial charge on any atom is -0.494 e. The highest BCUT2D eigenvalue weighted by molar-refractivity contribution is 5.76. The van der Waals surface area contributed by atoms with Crippen molar-refractivity contribution >= 4 is 5.69 Å². The van der Waals surface area contributed by atoms with Gasteiger partial charge in [0, 0.05) is 23.9 Å². The Bertz CT molecular complexity index is 532. The highest BCUT2D eigenvalue weighted by Gasteiger charge is 2.10. The predicted molar refractivity (Wildman–Crippen MR) is 73.5 cm³/mol. The van der Waals surface area contributed by atoms with E-state index in [-0.39, 0.29) is 0 Å². The molecule has 0 unspecified atom stereocenters. The molecule has 1 heterocycles.